The van der Waals surface area contributed by atoms with Crippen LogP contribution >= 0.6 is 15.9 Å². The summed E-state index contributed by atoms with van der Waals surface area (Å²) in [6.45, 7) is 2.07. The summed E-state index contributed by atoms with van der Waals surface area (Å²) in [5.74, 6) is -1.56. The average Bonchev–Trinajstić information content (AvgIpc) is 2.42. The van der Waals surface area contributed by atoms with E-state index in [0.29, 0.717) is 23.1 Å². The molecule has 1 unspecified atom stereocenters. The van der Waals surface area contributed by atoms with Gasteiger partial charge in [-0.1, -0.05) is 0 Å². The standard InChI is InChI=1S/C13H15BrN2O4/c1-7-9(14)6-8(11(17)15-7)12(18)16-5-3-2-4-10(16)13(19)20/h6,10H,2-5H2,1H3,(H,15,17)(H,19,20). The van der Waals surface area contributed by atoms with Crippen LogP contribution in [-0.4, -0.2) is 39.5 Å². The van der Waals surface area contributed by atoms with Gasteiger partial charge in [0.25, 0.3) is 11.5 Å². The number of H-pyrrole nitrogens is 1. The van der Waals surface area contributed by atoms with Crippen molar-refractivity contribution in [2.24, 2.45) is 0 Å². The second kappa shape index (κ2) is 5.78. The van der Waals surface area contributed by atoms with E-state index in [1.165, 1.54) is 11.0 Å². The zero-order chi connectivity index (χ0) is 14.9. The maximum Gasteiger partial charge on any atom is 0.326 e. The molecule has 1 saturated heterocycles. The summed E-state index contributed by atoms with van der Waals surface area (Å²) in [5, 5.41) is 9.18. The highest BCUT2D eigenvalue weighted by Crippen LogP contribution is 2.20. The zero-order valence-corrected chi connectivity index (χ0v) is 12.6. The first kappa shape index (κ1) is 14.8. The number of carboxylic acid groups (broad SMARTS) is 1. The van der Waals surface area contributed by atoms with Gasteiger partial charge in [-0.2, -0.15) is 0 Å². The van der Waals surface area contributed by atoms with Crippen LogP contribution in [0.3, 0.4) is 0 Å². The van der Waals surface area contributed by atoms with E-state index in [9.17, 15) is 19.5 Å². The number of carboxylic acids is 1. The number of aliphatic carboxylic acids is 1. The van der Waals surface area contributed by atoms with Crippen molar-refractivity contribution in [1.82, 2.24) is 9.88 Å². The number of piperidine rings is 1. The van der Waals surface area contributed by atoms with E-state index in [4.69, 9.17) is 0 Å². The third-order valence-corrected chi connectivity index (χ3v) is 4.28. The smallest absolute Gasteiger partial charge is 0.326 e. The van der Waals surface area contributed by atoms with Gasteiger partial charge in [0.15, 0.2) is 0 Å². The molecule has 20 heavy (non-hydrogen) atoms. The van der Waals surface area contributed by atoms with Gasteiger partial charge in [0, 0.05) is 16.7 Å². The van der Waals surface area contributed by atoms with Gasteiger partial charge >= 0.3 is 5.97 Å². The summed E-state index contributed by atoms with van der Waals surface area (Å²) in [6, 6.07) is 0.597. The van der Waals surface area contributed by atoms with E-state index in [1.807, 2.05) is 0 Å². The van der Waals surface area contributed by atoms with Crippen molar-refractivity contribution in [2.75, 3.05) is 6.54 Å². The van der Waals surface area contributed by atoms with E-state index in [-0.39, 0.29) is 5.56 Å². The Hall–Kier alpha value is -1.63. The number of hydrogen-bond acceptors (Lipinski definition) is 3. The number of nitrogens with one attached hydrogen (secondary N) is 1. The Morgan fingerprint density at radius 1 is 1.45 bits per heavy atom. The van der Waals surface area contributed by atoms with Crippen LogP contribution in [0.2, 0.25) is 0 Å². The van der Waals surface area contributed by atoms with Gasteiger partial charge in [0.1, 0.15) is 11.6 Å². The molecule has 1 aromatic rings. The van der Waals surface area contributed by atoms with Gasteiger partial charge in [-0.3, -0.25) is 9.59 Å². The molecule has 2 N–H and O–H groups in total. The number of carbonyl (C=O) groups is 2. The second-order valence-electron chi connectivity index (χ2n) is 4.83. The van der Waals surface area contributed by atoms with E-state index in [1.54, 1.807) is 6.92 Å². The van der Waals surface area contributed by atoms with Crippen molar-refractivity contribution in [3.63, 3.8) is 0 Å². The molecule has 1 aromatic heterocycles. The summed E-state index contributed by atoms with van der Waals surface area (Å²) < 4.78 is 0.615. The molecule has 1 aliphatic rings. The van der Waals surface area contributed by atoms with E-state index in [0.717, 1.165) is 12.8 Å². The van der Waals surface area contributed by atoms with Crippen molar-refractivity contribution in [3.05, 3.63) is 32.2 Å². The lowest BCUT2D eigenvalue weighted by Gasteiger charge is -2.32. The Morgan fingerprint density at radius 3 is 2.80 bits per heavy atom. The molecule has 2 rings (SSSR count). The van der Waals surface area contributed by atoms with Gasteiger partial charge in [0.2, 0.25) is 0 Å². The van der Waals surface area contributed by atoms with Gasteiger partial charge in [0.05, 0.1) is 0 Å². The topological polar surface area (TPSA) is 90.5 Å². The number of likely N-dealkylation sites (tertiary alicyclic amines) is 1. The van der Waals surface area contributed by atoms with E-state index in [2.05, 4.69) is 20.9 Å². The number of nitrogens with zero attached hydrogens (tertiary/aromatic N) is 1. The first-order chi connectivity index (χ1) is 9.41. The lowest BCUT2D eigenvalue weighted by molar-refractivity contribution is -0.143. The summed E-state index contributed by atoms with van der Waals surface area (Å²) in [7, 11) is 0. The number of halogens is 1. The number of rotatable bonds is 2. The Labute approximate surface area is 123 Å². The first-order valence-electron chi connectivity index (χ1n) is 6.35. The highest BCUT2D eigenvalue weighted by Gasteiger charge is 2.33. The minimum Gasteiger partial charge on any atom is -0.480 e. The molecule has 7 heteroatoms. The molecule has 108 valence electrons. The highest BCUT2D eigenvalue weighted by molar-refractivity contribution is 9.10. The molecule has 0 spiro atoms. The summed E-state index contributed by atoms with van der Waals surface area (Å²) in [6.07, 6.45) is 1.95. The van der Waals surface area contributed by atoms with E-state index < -0.39 is 23.5 Å². The molecule has 6 nitrogen and oxygen atoms in total. The molecule has 1 atom stereocenters. The molecule has 0 bridgehead atoms. The van der Waals surface area contributed by atoms with E-state index >= 15 is 0 Å². The van der Waals surface area contributed by atoms with Crippen LogP contribution in [-0.2, 0) is 4.79 Å². The molecule has 1 fully saturated rings. The van der Waals surface area contributed by atoms with Crippen LogP contribution in [0.25, 0.3) is 0 Å². The monoisotopic (exact) mass is 342 g/mol. The Balaban J connectivity index is 2.37. The largest absolute Gasteiger partial charge is 0.480 e. The number of amides is 1. The normalized spacial score (nSPS) is 18.9. The van der Waals surface area contributed by atoms with Crippen LogP contribution in [0.1, 0.15) is 35.3 Å². The maximum absolute atomic E-state index is 12.4. The SMILES string of the molecule is Cc1[nH]c(=O)c(C(=O)N2CCCCC2C(=O)O)cc1Br. The van der Waals surface area contributed by atoms with Crippen molar-refractivity contribution in [2.45, 2.75) is 32.2 Å². The van der Waals surface area contributed by atoms with Crippen LogP contribution in [0, 0.1) is 6.92 Å². The summed E-state index contributed by atoms with van der Waals surface area (Å²) >= 11 is 3.26. The van der Waals surface area contributed by atoms with Gasteiger partial charge in [-0.15, -0.1) is 0 Å². The molecule has 0 radical (unpaired) electrons. The summed E-state index contributed by atoms with van der Waals surface area (Å²) in [5.41, 5.74) is 0.0982. The molecule has 2 heterocycles. The Bertz CT molecular complexity index is 611. The fourth-order valence-corrected chi connectivity index (χ4v) is 2.67. The van der Waals surface area contributed by atoms with Gasteiger partial charge < -0.3 is 15.0 Å². The average molecular weight is 343 g/mol. The number of aromatic amines is 1. The molecular weight excluding hydrogens is 328 g/mol. The summed E-state index contributed by atoms with van der Waals surface area (Å²) in [4.78, 5) is 39.4. The molecule has 0 aromatic carbocycles. The third-order valence-electron chi connectivity index (χ3n) is 3.45. The quantitative estimate of drug-likeness (QED) is 0.852. The zero-order valence-electron chi connectivity index (χ0n) is 11.0. The number of aromatic nitrogens is 1. The maximum atomic E-state index is 12.4. The Kier molecular flexibility index (Phi) is 4.27. The molecule has 0 saturated carbocycles. The predicted molar refractivity (Wildman–Crippen MR) is 75.8 cm³/mol. The second-order valence-corrected chi connectivity index (χ2v) is 5.69. The van der Waals surface area contributed by atoms with Crippen molar-refractivity contribution < 1.29 is 14.7 Å². The van der Waals surface area contributed by atoms with Gasteiger partial charge in [-0.05, 0) is 48.2 Å². The Morgan fingerprint density at radius 2 is 2.15 bits per heavy atom. The lowest BCUT2D eigenvalue weighted by Crippen LogP contribution is -2.49. The van der Waals surface area contributed by atoms with Crippen LogP contribution in [0.5, 0.6) is 0 Å². The number of carbonyl (C=O) groups excluding carboxylic acids is 1. The van der Waals surface area contributed by atoms with Gasteiger partial charge in [-0.25, -0.2) is 4.79 Å². The van der Waals surface area contributed by atoms with Crippen molar-refractivity contribution in [3.8, 4) is 0 Å². The van der Waals surface area contributed by atoms with Crippen molar-refractivity contribution >= 4 is 27.8 Å². The molecule has 0 aliphatic carbocycles. The first-order valence-corrected chi connectivity index (χ1v) is 7.14. The van der Waals surface area contributed by atoms with Crippen LogP contribution < -0.4 is 5.56 Å². The number of aryl methyl sites for hydroxylation is 1. The minimum absolute atomic E-state index is 0.0318. The third kappa shape index (κ3) is 2.77. The van der Waals surface area contributed by atoms with Crippen molar-refractivity contribution in [1.29, 1.82) is 0 Å². The number of pyridine rings is 1. The lowest BCUT2D eigenvalue weighted by atomic mass is 10.0. The molecular formula is C13H15BrN2O4. The fraction of sp³-hybridized carbons (Fsp3) is 0.462. The van der Waals surface area contributed by atoms with Crippen LogP contribution in [0.4, 0.5) is 0 Å². The molecule has 1 aliphatic heterocycles. The number of hydrogen-bond donors (Lipinski definition) is 2. The molecule has 1 amide bonds. The fourth-order valence-electron chi connectivity index (χ4n) is 2.34. The van der Waals surface area contributed by atoms with Crippen LogP contribution in [0.15, 0.2) is 15.3 Å². The predicted octanol–water partition coefficient (Wildman–Crippen LogP) is 1.53. The minimum atomic E-state index is -1.03. The highest BCUT2D eigenvalue weighted by atomic mass is 79.9.